The molecule has 0 saturated carbocycles. The van der Waals surface area contributed by atoms with Gasteiger partial charge in [-0.1, -0.05) is 13.0 Å². The van der Waals surface area contributed by atoms with Gasteiger partial charge in [-0.05, 0) is 37.1 Å². The number of ether oxygens (including phenoxy) is 5. The van der Waals surface area contributed by atoms with E-state index in [9.17, 15) is 4.79 Å². The third-order valence-electron chi connectivity index (χ3n) is 4.98. The number of pyridine rings is 1. The molecule has 2 aromatic carbocycles. The van der Waals surface area contributed by atoms with E-state index >= 15 is 0 Å². The monoisotopic (exact) mass is 425 g/mol. The van der Waals surface area contributed by atoms with Crippen molar-refractivity contribution >= 4 is 16.9 Å². The van der Waals surface area contributed by atoms with E-state index in [1.54, 1.807) is 47.5 Å². The zero-order valence-corrected chi connectivity index (χ0v) is 18.7. The summed E-state index contributed by atoms with van der Waals surface area (Å²) >= 11 is 0. The van der Waals surface area contributed by atoms with Crippen LogP contribution in [0, 0.1) is 6.92 Å². The molecule has 0 bridgehead atoms. The van der Waals surface area contributed by atoms with Gasteiger partial charge in [0.25, 0.3) is 0 Å². The van der Waals surface area contributed by atoms with E-state index in [1.807, 2.05) is 25.1 Å². The second-order valence-corrected chi connectivity index (χ2v) is 6.88. The molecule has 0 aliphatic rings. The van der Waals surface area contributed by atoms with Crippen LogP contribution in [0.5, 0.6) is 23.0 Å². The summed E-state index contributed by atoms with van der Waals surface area (Å²) in [4.78, 5) is 17.7. The number of methoxy groups -OCH3 is 4. The summed E-state index contributed by atoms with van der Waals surface area (Å²) < 4.78 is 27.3. The van der Waals surface area contributed by atoms with E-state index < -0.39 is 5.97 Å². The maximum absolute atomic E-state index is 13.0. The quantitative estimate of drug-likeness (QED) is 0.479. The van der Waals surface area contributed by atoms with Gasteiger partial charge in [-0.3, -0.25) is 4.98 Å². The van der Waals surface area contributed by atoms with Crippen LogP contribution in [0.1, 0.15) is 29.4 Å². The van der Waals surface area contributed by atoms with Crippen molar-refractivity contribution < 1.29 is 28.5 Å². The molecule has 0 N–H and O–H groups in total. The maximum atomic E-state index is 13.0. The average Bonchev–Trinajstić information content (AvgIpc) is 2.80. The van der Waals surface area contributed by atoms with E-state index in [1.165, 1.54) is 0 Å². The fourth-order valence-electron chi connectivity index (χ4n) is 3.52. The Hall–Kier alpha value is -3.48. The first-order valence-corrected chi connectivity index (χ1v) is 9.94. The lowest BCUT2D eigenvalue weighted by Crippen LogP contribution is -2.11. The Morgan fingerprint density at radius 1 is 0.871 bits per heavy atom. The first-order valence-electron chi connectivity index (χ1n) is 9.94. The molecule has 0 aliphatic heterocycles. The van der Waals surface area contributed by atoms with Gasteiger partial charge in [-0.25, -0.2) is 4.79 Å². The third kappa shape index (κ3) is 4.21. The number of carbonyl (C=O) groups is 1. The van der Waals surface area contributed by atoms with E-state index in [-0.39, 0.29) is 0 Å². The molecular formula is C24H27NO6. The standard InChI is InChI=1S/C24H27NO6/c1-7-10-31-24(26)22-14(2)25-17-13-21(30-6)20(29-5)12-16(17)23(22)15-8-9-18(27-3)19(11-15)28-4/h8-9,11-13H,7,10H2,1-6H3. The number of carbonyl (C=O) groups excluding carboxylic acids is 1. The van der Waals surface area contributed by atoms with Gasteiger partial charge >= 0.3 is 5.97 Å². The van der Waals surface area contributed by atoms with Gasteiger partial charge in [0.15, 0.2) is 23.0 Å². The minimum absolute atomic E-state index is 0.327. The van der Waals surface area contributed by atoms with E-state index in [2.05, 4.69) is 4.98 Å². The largest absolute Gasteiger partial charge is 0.493 e. The molecule has 0 spiro atoms. The van der Waals surface area contributed by atoms with Crippen LogP contribution in [-0.4, -0.2) is 46.0 Å². The second kappa shape index (κ2) is 9.55. The molecule has 1 aromatic heterocycles. The van der Waals surface area contributed by atoms with Crippen LogP contribution in [0.25, 0.3) is 22.0 Å². The molecule has 0 unspecified atom stereocenters. The van der Waals surface area contributed by atoms with Crippen LogP contribution < -0.4 is 18.9 Å². The molecule has 164 valence electrons. The average molecular weight is 425 g/mol. The van der Waals surface area contributed by atoms with Crippen LogP contribution in [0.2, 0.25) is 0 Å². The number of aryl methyl sites for hydroxylation is 1. The smallest absolute Gasteiger partial charge is 0.340 e. The first kappa shape index (κ1) is 22.2. The summed E-state index contributed by atoms with van der Waals surface area (Å²) in [5.74, 6) is 1.82. The van der Waals surface area contributed by atoms with E-state index in [0.29, 0.717) is 51.9 Å². The van der Waals surface area contributed by atoms with E-state index in [4.69, 9.17) is 23.7 Å². The lowest BCUT2D eigenvalue weighted by atomic mass is 9.93. The van der Waals surface area contributed by atoms with Crippen LogP contribution in [0.4, 0.5) is 0 Å². The number of benzene rings is 2. The number of hydrogen-bond acceptors (Lipinski definition) is 7. The molecule has 3 rings (SSSR count). The number of rotatable bonds is 8. The summed E-state index contributed by atoms with van der Waals surface area (Å²) in [6, 6.07) is 9.14. The van der Waals surface area contributed by atoms with Crippen molar-refractivity contribution in [3.63, 3.8) is 0 Å². The number of hydrogen-bond donors (Lipinski definition) is 0. The SMILES string of the molecule is CCCOC(=O)c1c(C)nc2cc(OC)c(OC)cc2c1-c1ccc(OC)c(OC)c1. The molecule has 0 radical (unpaired) electrons. The lowest BCUT2D eigenvalue weighted by Gasteiger charge is -2.18. The predicted molar refractivity (Wildman–Crippen MR) is 119 cm³/mol. The zero-order chi connectivity index (χ0) is 22.5. The summed E-state index contributed by atoms with van der Waals surface area (Å²) in [5.41, 5.74) is 3.09. The van der Waals surface area contributed by atoms with Crippen LogP contribution in [-0.2, 0) is 4.74 Å². The molecule has 3 aromatic rings. The van der Waals surface area contributed by atoms with Gasteiger partial charge in [-0.15, -0.1) is 0 Å². The Morgan fingerprint density at radius 2 is 1.48 bits per heavy atom. The molecule has 7 nitrogen and oxygen atoms in total. The van der Waals surface area contributed by atoms with Crippen molar-refractivity contribution in [3.05, 3.63) is 41.6 Å². The summed E-state index contributed by atoms with van der Waals surface area (Å²) in [7, 11) is 6.29. The molecule has 0 atom stereocenters. The fourth-order valence-corrected chi connectivity index (χ4v) is 3.52. The van der Waals surface area contributed by atoms with Crippen molar-refractivity contribution in [2.45, 2.75) is 20.3 Å². The first-order chi connectivity index (χ1) is 15.0. The topological polar surface area (TPSA) is 76.1 Å². The molecule has 0 fully saturated rings. The molecule has 31 heavy (non-hydrogen) atoms. The van der Waals surface area contributed by atoms with Gasteiger partial charge in [0.05, 0.1) is 51.8 Å². The van der Waals surface area contributed by atoms with Crippen molar-refractivity contribution in [3.8, 4) is 34.1 Å². The molecule has 0 saturated heterocycles. The van der Waals surface area contributed by atoms with Crippen LogP contribution in [0.3, 0.4) is 0 Å². The highest BCUT2D eigenvalue weighted by Gasteiger charge is 2.24. The molecular weight excluding hydrogens is 398 g/mol. The Labute approximate surface area is 181 Å². The van der Waals surface area contributed by atoms with Gasteiger partial charge in [-0.2, -0.15) is 0 Å². The minimum atomic E-state index is -0.423. The fraction of sp³-hybridized carbons (Fsp3) is 0.333. The Balaban J connectivity index is 2.39. The summed E-state index contributed by atoms with van der Waals surface area (Å²) in [6.45, 7) is 4.07. The molecule has 0 aliphatic carbocycles. The van der Waals surface area contributed by atoms with Gasteiger partial charge in [0, 0.05) is 17.0 Å². The number of fused-ring (bicyclic) bond motifs is 1. The van der Waals surface area contributed by atoms with Crippen molar-refractivity contribution in [2.24, 2.45) is 0 Å². The minimum Gasteiger partial charge on any atom is -0.493 e. The summed E-state index contributed by atoms with van der Waals surface area (Å²) in [5, 5.41) is 0.735. The maximum Gasteiger partial charge on any atom is 0.340 e. The highest BCUT2D eigenvalue weighted by molar-refractivity contribution is 6.08. The van der Waals surface area contributed by atoms with E-state index in [0.717, 1.165) is 17.4 Å². The Bertz CT molecular complexity index is 1110. The van der Waals surface area contributed by atoms with Gasteiger partial charge < -0.3 is 23.7 Å². The normalized spacial score (nSPS) is 10.6. The zero-order valence-electron chi connectivity index (χ0n) is 18.7. The van der Waals surface area contributed by atoms with Gasteiger partial charge in [0.1, 0.15) is 0 Å². The molecule has 0 amide bonds. The highest BCUT2D eigenvalue weighted by Crippen LogP contribution is 2.41. The van der Waals surface area contributed by atoms with Crippen molar-refractivity contribution in [1.29, 1.82) is 0 Å². The molecule has 1 heterocycles. The Morgan fingerprint density at radius 3 is 2.10 bits per heavy atom. The number of esters is 1. The highest BCUT2D eigenvalue weighted by atomic mass is 16.5. The number of aromatic nitrogens is 1. The van der Waals surface area contributed by atoms with Gasteiger partial charge in [0.2, 0.25) is 0 Å². The summed E-state index contributed by atoms with van der Waals surface area (Å²) in [6.07, 6.45) is 0.725. The van der Waals surface area contributed by atoms with Crippen LogP contribution >= 0.6 is 0 Å². The predicted octanol–water partition coefficient (Wildman–Crippen LogP) is 4.81. The third-order valence-corrected chi connectivity index (χ3v) is 4.98. The molecule has 7 heteroatoms. The second-order valence-electron chi connectivity index (χ2n) is 6.88. The van der Waals surface area contributed by atoms with Crippen LogP contribution in [0.15, 0.2) is 30.3 Å². The number of nitrogens with zero attached hydrogens (tertiary/aromatic N) is 1. The van der Waals surface area contributed by atoms with Crippen molar-refractivity contribution in [1.82, 2.24) is 4.98 Å². The lowest BCUT2D eigenvalue weighted by molar-refractivity contribution is 0.0505. The van der Waals surface area contributed by atoms with Crippen molar-refractivity contribution in [2.75, 3.05) is 35.0 Å². The Kier molecular flexibility index (Phi) is 6.84.